The third kappa shape index (κ3) is 2.38. The lowest BCUT2D eigenvalue weighted by atomic mass is 9.88. The number of nitrogens with one attached hydrogen (secondary N) is 1. The van der Waals surface area contributed by atoms with Crippen LogP contribution in [0.4, 0.5) is 0 Å². The largest absolute Gasteiger partial charge is 0.307 e. The first-order valence-corrected chi connectivity index (χ1v) is 3.85. The SMILES string of the molecule is CC(C)(C)CC1CC=NN1. The minimum Gasteiger partial charge on any atom is -0.307 e. The van der Waals surface area contributed by atoms with Crippen LogP contribution < -0.4 is 5.43 Å². The highest BCUT2D eigenvalue weighted by Gasteiger charge is 2.19. The van der Waals surface area contributed by atoms with Gasteiger partial charge in [0.05, 0.1) is 0 Å². The molecule has 0 radical (unpaired) electrons. The molecule has 0 fully saturated rings. The van der Waals surface area contributed by atoms with Crippen molar-refractivity contribution in [2.24, 2.45) is 10.5 Å². The van der Waals surface area contributed by atoms with Gasteiger partial charge in [-0.3, -0.25) is 0 Å². The van der Waals surface area contributed by atoms with Gasteiger partial charge in [-0.15, -0.1) is 0 Å². The van der Waals surface area contributed by atoms with Crippen LogP contribution in [-0.4, -0.2) is 12.3 Å². The molecule has 0 aromatic rings. The molecule has 1 rings (SSSR count). The molecule has 1 aliphatic heterocycles. The van der Waals surface area contributed by atoms with Crippen LogP contribution in [0.1, 0.15) is 33.6 Å². The highest BCUT2D eigenvalue weighted by Crippen LogP contribution is 2.22. The van der Waals surface area contributed by atoms with Crippen molar-refractivity contribution in [3.8, 4) is 0 Å². The monoisotopic (exact) mass is 140 g/mol. The summed E-state index contributed by atoms with van der Waals surface area (Å²) in [6, 6.07) is 0.583. The van der Waals surface area contributed by atoms with Crippen molar-refractivity contribution < 1.29 is 0 Å². The zero-order chi connectivity index (χ0) is 7.61. The second-order valence-corrected chi connectivity index (χ2v) is 4.14. The zero-order valence-corrected chi connectivity index (χ0v) is 7.02. The number of hydrogen-bond donors (Lipinski definition) is 1. The molecule has 0 aromatic carbocycles. The van der Waals surface area contributed by atoms with Crippen LogP contribution in [0.3, 0.4) is 0 Å². The maximum atomic E-state index is 3.97. The lowest BCUT2D eigenvalue weighted by Crippen LogP contribution is -2.25. The number of hydrogen-bond acceptors (Lipinski definition) is 2. The molecule has 0 aliphatic carbocycles. The molecule has 0 aromatic heterocycles. The Kier molecular flexibility index (Phi) is 1.97. The minimum absolute atomic E-state index is 0.422. The molecule has 0 bridgehead atoms. The summed E-state index contributed by atoms with van der Waals surface area (Å²) in [7, 11) is 0. The molecule has 0 saturated heterocycles. The second kappa shape index (κ2) is 2.60. The Hall–Kier alpha value is -0.530. The van der Waals surface area contributed by atoms with Gasteiger partial charge in [0.25, 0.3) is 0 Å². The van der Waals surface area contributed by atoms with Crippen molar-refractivity contribution in [3.63, 3.8) is 0 Å². The summed E-state index contributed by atoms with van der Waals surface area (Å²) in [6.07, 6.45) is 4.25. The van der Waals surface area contributed by atoms with E-state index in [9.17, 15) is 0 Å². The Morgan fingerprint density at radius 1 is 1.60 bits per heavy atom. The first-order valence-electron chi connectivity index (χ1n) is 3.85. The molecule has 1 aliphatic rings. The third-order valence-electron chi connectivity index (χ3n) is 1.60. The predicted molar refractivity (Wildman–Crippen MR) is 44.1 cm³/mol. The fourth-order valence-corrected chi connectivity index (χ4v) is 1.26. The van der Waals surface area contributed by atoms with Gasteiger partial charge < -0.3 is 5.43 Å². The molecule has 1 unspecified atom stereocenters. The van der Waals surface area contributed by atoms with Crippen molar-refractivity contribution in [2.75, 3.05) is 0 Å². The highest BCUT2D eigenvalue weighted by molar-refractivity contribution is 5.59. The van der Waals surface area contributed by atoms with Crippen LogP contribution in [0.5, 0.6) is 0 Å². The van der Waals surface area contributed by atoms with Gasteiger partial charge in [0.15, 0.2) is 0 Å². The molecule has 0 amide bonds. The average molecular weight is 140 g/mol. The molecule has 2 heteroatoms. The van der Waals surface area contributed by atoms with Gasteiger partial charge in [0.1, 0.15) is 0 Å². The second-order valence-electron chi connectivity index (χ2n) is 4.14. The first kappa shape index (κ1) is 7.58. The van der Waals surface area contributed by atoms with Crippen molar-refractivity contribution in [2.45, 2.75) is 39.7 Å². The van der Waals surface area contributed by atoms with E-state index in [0.717, 1.165) is 6.42 Å². The Bertz CT molecular complexity index is 125. The lowest BCUT2D eigenvalue weighted by Gasteiger charge is -2.22. The molecule has 0 spiro atoms. The summed E-state index contributed by atoms with van der Waals surface area (Å²) in [5.74, 6) is 0. The Morgan fingerprint density at radius 3 is 2.70 bits per heavy atom. The smallest absolute Gasteiger partial charge is 0.0495 e. The molecule has 2 nitrogen and oxygen atoms in total. The van der Waals surface area contributed by atoms with Gasteiger partial charge in [-0.05, 0) is 11.8 Å². The van der Waals surface area contributed by atoms with E-state index < -0.39 is 0 Å². The molecule has 1 heterocycles. The summed E-state index contributed by atoms with van der Waals surface area (Å²) in [6.45, 7) is 6.77. The molecule has 10 heavy (non-hydrogen) atoms. The van der Waals surface area contributed by atoms with Gasteiger partial charge in [-0.1, -0.05) is 20.8 Å². The average Bonchev–Trinajstić information content (AvgIpc) is 2.12. The summed E-state index contributed by atoms with van der Waals surface area (Å²) < 4.78 is 0. The van der Waals surface area contributed by atoms with Gasteiger partial charge >= 0.3 is 0 Å². The summed E-state index contributed by atoms with van der Waals surface area (Å²) in [5, 5.41) is 3.97. The molecular weight excluding hydrogens is 124 g/mol. The van der Waals surface area contributed by atoms with Gasteiger partial charge in [-0.2, -0.15) is 5.10 Å². The Balaban J connectivity index is 2.26. The normalized spacial score (nSPS) is 24.9. The van der Waals surface area contributed by atoms with E-state index in [1.54, 1.807) is 0 Å². The molecule has 0 saturated carbocycles. The highest BCUT2D eigenvalue weighted by atomic mass is 15.3. The van der Waals surface area contributed by atoms with E-state index in [2.05, 4.69) is 31.3 Å². The molecular formula is C8H16N2. The standard InChI is InChI=1S/C8H16N2/c1-8(2,3)6-7-4-5-9-10-7/h5,7,10H,4,6H2,1-3H3. The first-order chi connectivity index (χ1) is 4.58. The van der Waals surface area contributed by atoms with E-state index in [-0.39, 0.29) is 0 Å². The predicted octanol–water partition coefficient (Wildman–Crippen LogP) is 1.77. The summed E-state index contributed by atoms with van der Waals surface area (Å²) in [4.78, 5) is 0. The maximum Gasteiger partial charge on any atom is 0.0495 e. The molecule has 1 N–H and O–H groups in total. The van der Waals surface area contributed by atoms with E-state index >= 15 is 0 Å². The Morgan fingerprint density at radius 2 is 2.30 bits per heavy atom. The third-order valence-corrected chi connectivity index (χ3v) is 1.60. The number of hydrazone groups is 1. The quantitative estimate of drug-likeness (QED) is 0.589. The maximum absolute atomic E-state index is 3.97. The van der Waals surface area contributed by atoms with E-state index in [1.165, 1.54) is 6.42 Å². The molecule has 58 valence electrons. The van der Waals surface area contributed by atoms with Crippen LogP contribution >= 0.6 is 0 Å². The van der Waals surface area contributed by atoms with Crippen LogP contribution in [0.15, 0.2) is 5.10 Å². The van der Waals surface area contributed by atoms with Gasteiger partial charge in [-0.25, -0.2) is 0 Å². The zero-order valence-electron chi connectivity index (χ0n) is 7.02. The van der Waals surface area contributed by atoms with E-state index in [1.807, 2.05) is 6.21 Å². The summed E-state index contributed by atoms with van der Waals surface area (Å²) >= 11 is 0. The fourth-order valence-electron chi connectivity index (χ4n) is 1.26. The lowest BCUT2D eigenvalue weighted by molar-refractivity contribution is 0.323. The van der Waals surface area contributed by atoms with Crippen molar-refractivity contribution in [3.05, 3.63) is 0 Å². The Labute approximate surface area is 62.7 Å². The number of nitrogens with zero attached hydrogens (tertiary/aromatic N) is 1. The van der Waals surface area contributed by atoms with E-state index in [4.69, 9.17) is 0 Å². The van der Waals surface area contributed by atoms with Crippen LogP contribution in [0, 0.1) is 5.41 Å². The van der Waals surface area contributed by atoms with Crippen LogP contribution in [0.2, 0.25) is 0 Å². The minimum atomic E-state index is 0.422. The molecule has 1 atom stereocenters. The van der Waals surface area contributed by atoms with Crippen molar-refractivity contribution in [1.29, 1.82) is 0 Å². The van der Waals surface area contributed by atoms with Gasteiger partial charge in [0.2, 0.25) is 0 Å². The van der Waals surface area contributed by atoms with Crippen LogP contribution in [-0.2, 0) is 0 Å². The van der Waals surface area contributed by atoms with E-state index in [0.29, 0.717) is 11.5 Å². The number of rotatable bonds is 1. The topological polar surface area (TPSA) is 24.4 Å². The van der Waals surface area contributed by atoms with Crippen LogP contribution in [0.25, 0.3) is 0 Å². The fraction of sp³-hybridized carbons (Fsp3) is 0.875. The van der Waals surface area contributed by atoms with Crippen molar-refractivity contribution >= 4 is 6.21 Å². The van der Waals surface area contributed by atoms with Gasteiger partial charge in [0, 0.05) is 18.7 Å². The van der Waals surface area contributed by atoms with Crippen molar-refractivity contribution in [1.82, 2.24) is 5.43 Å². The summed E-state index contributed by atoms with van der Waals surface area (Å²) in [5.41, 5.74) is 3.50.